The zero-order valence-corrected chi connectivity index (χ0v) is 18.1. The number of fused-ring (bicyclic) bond motifs is 1. The summed E-state index contributed by atoms with van der Waals surface area (Å²) in [6.45, 7) is 7.43. The van der Waals surface area contributed by atoms with E-state index < -0.39 is 29.6 Å². The van der Waals surface area contributed by atoms with E-state index in [-0.39, 0.29) is 31.3 Å². The third-order valence-electron chi connectivity index (χ3n) is 5.00. The van der Waals surface area contributed by atoms with Crippen molar-refractivity contribution < 1.29 is 28.2 Å². The van der Waals surface area contributed by atoms with E-state index in [1.807, 2.05) is 20.8 Å². The molecular weight excluding hydrogens is 397 g/mol. The summed E-state index contributed by atoms with van der Waals surface area (Å²) in [6.07, 6.45) is 1.47. The molecule has 2 aliphatic carbocycles. The molecule has 0 spiro atoms. The van der Waals surface area contributed by atoms with Crippen LogP contribution in [0.3, 0.4) is 0 Å². The Bertz CT molecular complexity index is 813. The van der Waals surface area contributed by atoms with Gasteiger partial charge in [-0.15, -0.1) is 11.3 Å². The number of aryl methyl sites for hydroxylation is 1. The summed E-state index contributed by atoms with van der Waals surface area (Å²) in [5.74, 6) is -1.72. The van der Waals surface area contributed by atoms with Crippen molar-refractivity contribution >= 4 is 34.2 Å². The number of esters is 2. The average molecular weight is 426 g/mol. The van der Waals surface area contributed by atoms with Crippen LogP contribution < -0.4 is 5.32 Å². The number of halogens is 1. The van der Waals surface area contributed by atoms with Gasteiger partial charge in [-0.3, -0.25) is 9.59 Å². The molecule has 29 heavy (non-hydrogen) atoms. The second-order valence-electron chi connectivity index (χ2n) is 8.68. The molecule has 3 rings (SSSR count). The highest BCUT2D eigenvalue weighted by Crippen LogP contribution is 2.42. The summed E-state index contributed by atoms with van der Waals surface area (Å²) in [5.41, 5.74) is 0.644. The fourth-order valence-electron chi connectivity index (χ4n) is 3.60. The van der Waals surface area contributed by atoms with Gasteiger partial charge in [0.25, 0.3) is 0 Å². The number of carbonyl (C=O) groups is 3. The molecule has 0 aromatic carbocycles. The molecular formula is C21H28FNO5S. The van der Waals surface area contributed by atoms with Crippen LogP contribution in [-0.2, 0) is 31.9 Å². The summed E-state index contributed by atoms with van der Waals surface area (Å²) in [4.78, 5) is 38.1. The number of rotatable bonds is 6. The van der Waals surface area contributed by atoms with Crippen LogP contribution in [0.15, 0.2) is 0 Å². The van der Waals surface area contributed by atoms with Crippen molar-refractivity contribution in [1.82, 2.24) is 0 Å². The van der Waals surface area contributed by atoms with E-state index in [4.69, 9.17) is 9.47 Å². The number of hydrogen-bond acceptors (Lipinski definition) is 6. The Morgan fingerprint density at radius 2 is 1.97 bits per heavy atom. The van der Waals surface area contributed by atoms with Crippen LogP contribution in [-0.4, -0.2) is 36.2 Å². The van der Waals surface area contributed by atoms with Gasteiger partial charge in [0.15, 0.2) is 0 Å². The highest BCUT2D eigenvalue weighted by molar-refractivity contribution is 7.17. The lowest BCUT2D eigenvalue weighted by atomic mass is 9.84. The molecule has 1 N–H and O–H groups in total. The Balaban J connectivity index is 1.79. The highest BCUT2D eigenvalue weighted by atomic mass is 32.1. The van der Waals surface area contributed by atoms with Gasteiger partial charge in [-0.2, -0.15) is 0 Å². The second-order valence-corrected chi connectivity index (χ2v) is 9.78. The van der Waals surface area contributed by atoms with Crippen LogP contribution in [0.2, 0.25) is 0 Å². The number of alkyl halides is 1. The van der Waals surface area contributed by atoms with Crippen LogP contribution in [0.1, 0.15) is 67.8 Å². The second kappa shape index (κ2) is 8.42. The highest BCUT2D eigenvalue weighted by Gasteiger charge is 2.44. The molecule has 0 aliphatic heterocycles. The van der Waals surface area contributed by atoms with Crippen molar-refractivity contribution in [3.8, 4) is 0 Å². The lowest BCUT2D eigenvalue weighted by Gasteiger charge is -2.25. The molecule has 1 amide bonds. The predicted molar refractivity (Wildman–Crippen MR) is 108 cm³/mol. The van der Waals surface area contributed by atoms with Gasteiger partial charge in [-0.1, -0.05) is 0 Å². The first kappa shape index (κ1) is 21.7. The van der Waals surface area contributed by atoms with Crippen LogP contribution in [0.5, 0.6) is 0 Å². The summed E-state index contributed by atoms with van der Waals surface area (Å²) in [7, 11) is 0. The minimum absolute atomic E-state index is 0.0577. The van der Waals surface area contributed by atoms with E-state index in [1.54, 1.807) is 6.92 Å². The number of hydrogen-bond donors (Lipinski definition) is 1. The van der Waals surface area contributed by atoms with Gasteiger partial charge in [0, 0.05) is 11.3 Å². The monoisotopic (exact) mass is 425 g/mol. The van der Waals surface area contributed by atoms with E-state index in [9.17, 15) is 18.8 Å². The molecule has 0 radical (unpaired) electrons. The zero-order valence-electron chi connectivity index (χ0n) is 17.3. The fourth-order valence-corrected chi connectivity index (χ4v) is 4.83. The molecule has 8 heteroatoms. The van der Waals surface area contributed by atoms with Crippen molar-refractivity contribution in [3.63, 3.8) is 0 Å². The van der Waals surface area contributed by atoms with E-state index in [0.29, 0.717) is 23.4 Å². The number of amides is 1. The average Bonchev–Trinajstić information content (AvgIpc) is 3.22. The first-order valence-electron chi connectivity index (χ1n) is 10.1. The molecule has 160 valence electrons. The van der Waals surface area contributed by atoms with Crippen molar-refractivity contribution in [1.29, 1.82) is 0 Å². The Kier molecular flexibility index (Phi) is 6.31. The fraction of sp³-hybridized carbons (Fsp3) is 0.667. The number of nitrogens with one attached hydrogen (secondary N) is 1. The Labute approximate surface area is 174 Å². The molecule has 0 bridgehead atoms. The molecule has 1 heterocycles. The summed E-state index contributed by atoms with van der Waals surface area (Å²) in [5, 5.41) is 3.16. The summed E-state index contributed by atoms with van der Waals surface area (Å²) >= 11 is 1.35. The first-order chi connectivity index (χ1) is 13.6. The molecule has 1 fully saturated rings. The molecule has 0 saturated heterocycles. The number of ether oxygens (including phenoxy) is 2. The standard InChI is InChI=1S/C21H28FNO5S/c1-5-27-20(26)17-13-8-11(9-16(24)28-21(2,3)4)6-7-15(13)29-19(17)23-18(25)12-10-14(12)22/h11-12,14H,5-10H2,1-4H3,(H,23,25)/t11-,12-,14-/m0/s1. The quantitative estimate of drug-likeness (QED) is 0.695. The van der Waals surface area contributed by atoms with Gasteiger partial charge >= 0.3 is 11.9 Å². The lowest BCUT2D eigenvalue weighted by Crippen LogP contribution is -2.27. The SMILES string of the molecule is CCOC(=O)c1c(NC(=O)[C@H]2C[C@@H]2F)sc2c1C[C@@H](CC(=O)OC(C)(C)C)CC2. The van der Waals surface area contributed by atoms with E-state index in [2.05, 4.69) is 5.32 Å². The van der Waals surface area contributed by atoms with Crippen molar-refractivity contribution in [2.24, 2.45) is 11.8 Å². The third-order valence-corrected chi connectivity index (χ3v) is 6.21. The lowest BCUT2D eigenvalue weighted by molar-refractivity contribution is -0.156. The number of thiophene rings is 1. The van der Waals surface area contributed by atoms with E-state index in [0.717, 1.165) is 16.9 Å². The topological polar surface area (TPSA) is 81.7 Å². The van der Waals surface area contributed by atoms with Crippen molar-refractivity contribution in [2.45, 2.75) is 71.6 Å². The number of carbonyl (C=O) groups excluding carboxylic acids is 3. The van der Waals surface area contributed by atoms with Crippen LogP contribution in [0.25, 0.3) is 0 Å². The normalized spacial score (nSPS) is 23.1. The molecule has 3 atom stereocenters. The van der Waals surface area contributed by atoms with Gasteiger partial charge in [-0.05, 0) is 64.9 Å². The van der Waals surface area contributed by atoms with Gasteiger partial charge in [0.2, 0.25) is 5.91 Å². The maximum atomic E-state index is 13.2. The van der Waals surface area contributed by atoms with Crippen molar-refractivity contribution in [2.75, 3.05) is 11.9 Å². The molecule has 1 aromatic heterocycles. The van der Waals surface area contributed by atoms with Crippen molar-refractivity contribution in [3.05, 3.63) is 16.0 Å². The van der Waals surface area contributed by atoms with E-state index in [1.165, 1.54) is 11.3 Å². The van der Waals surface area contributed by atoms with Crippen LogP contribution >= 0.6 is 11.3 Å². The Hall–Kier alpha value is -1.96. The zero-order chi connectivity index (χ0) is 21.3. The summed E-state index contributed by atoms with van der Waals surface area (Å²) in [6, 6.07) is 0. The summed E-state index contributed by atoms with van der Waals surface area (Å²) < 4.78 is 23.9. The molecule has 1 aromatic rings. The van der Waals surface area contributed by atoms with Gasteiger partial charge < -0.3 is 14.8 Å². The molecule has 0 unspecified atom stereocenters. The minimum Gasteiger partial charge on any atom is -0.462 e. The molecule has 2 aliphatic rings. The third kappa shape index (κ3) is 5.35. The molecule has 6 nitrogen and oxygen atoms in total. The van der Waals surface area contributed by atoms with Crippen LogP contribution in [0.4, 0.5) is 9.39 Å². The van der Waals surface area contributed by atoms with E-state index >= 15 is 0 Å². The van der Waals surface area contributed by atoms with Gasteiger partial charge in [0.05, 0.1) is 18.1 Å². The van der Waals surface area contributed by atoms with Gasteiger partial charge in [0.1, 0.15) is 16.8 Å². The Morgan fingerprint density at radius 1 is 1.28 bits per heavy atom. The largest absolute Gasteiger partial charge is 0.462 e. The Morgan fingerprint density at radius 3 is 2.55 bits per heavy atom. The van der Waals surface area contributed by atoms with Crippen LogP contribution in [0, 0.1) is 11.8 Å². The predicted octanol–water partition coefficient (Wildman–Crippen LogP) is 4.06. The number of anilines is 1. The minimum atomic E-state index is -1.10. The maximum Gasteiger partial charge on any atom is 0.341 e. The first-order valence-corrected chi connectivity index (χ1v) is 10.9. The molecule has 1 saturated carbocycles. The maximum absolute atomic E-state index is 13.2. The van der Waals surface area contributed by atoms with Gasteiger partial charge in [-0.25, -0.2) is 9.18 Å². The smallest absolute Gasteiger partial charge is 0.341 e.